The quantitative estimate of drug-likeness (QED) is 0.808. The lowest BCUT2D eigenvalue weighted by Gasteiger charge is -2.01. The van der Waals surface area contributed by atoms with E-state index in [0.717, 1.165) is 5.56 Å². The van der Waals surface area contributed by atoms with Crippen LogP contribution in [0.25, 0.3) is 11.3 Å². The smallest absolute Gasteiger partial charge is 0.274 e. The van der Waals surface area contributed by atoms with E-state index >= 15 is 0 Å². The lowest BCUT2D eigenvalue weighted by molar-refractivity contribution is 0.101. The summed E-state index contributed by atoms with van der Waals surface area (Å²) >= 11 is 5.99. The molecule has 0 unspecified atom stereocenters. The third kappa shape index (κ3) is 2.87. The summed E-state index contributed by atoms with van der Waals surface area (Å²) in [4.78, 5) is 12.3. The molecule has 1 amide bonds. The number of amides is 1. The van der Waals surface area contributed by atoms with E-state index in [2.05, 4.69) is 15.5 Å². The van der Waals surface area contributed by atoms with Gasteiger partial charge in [0.2, 0.25) is 0 Å². The highest BCUT2D eigenvalue weighted by Gasteiger charge is 2.15. The summed E-state index contributed by atoms with van der Waals surface area (Å²) in [6.45, 7) is 0. The Morgan fingerprint density at radius 1 is 1.27 bits per heavy atom. The van der Waals surface area contributed by atoms with Crippen molar-refractivity contribution >= 4 is 23.2 Å². The third-order valence-corrected chi connectivity index (χ3v) is 3.43. The summed E-state index contributed by atoms with van der Waals surface area (Å²) in [7, 11) is 3.52. The standard InChI is InChI=1S/C15H14ClN5O/c1-20-9-12(8-17-20)18-15(22)14-7-13(19-21(14)2)10-4-3-5-11(16)6-10/h3-9H,1-2H3,(H,18,22). The molecule has 0 saturated heterocycles. The number of aryl methyl sites for hydroxylation is 2. The summed E-state index contributed by atoms with van der Waals surface area (Å²) in [5.41, 5.74) is 2.65. The van der Waals surface area contributed by atoms with Crippen molar-refractivity contribution in [2.24, 2.45) is 14.1 Å². The Labute approximate surface area is 132 Å². The number of nitrogens with one attached hydrogen (secondary N) is 1. The summed E-state index contributed by atoms with van der Waals surface area (Å²) in [6, 6.07) is 9.09. The second-order valence-corrected chi connectivity index (χ2v) is 5.34. The first-order valence-corrected chi connectivity index (χ1v) is 7.01. The predicted molar refractivity (Wildman–Crippen MR) is 84.8 cm³/mol. The van der Waals surface area contributed by atoms with Gasteiger partial charge < -0.3 is 5.32 Å². The van der Waals surface area contributed by atoms with Gasteiger partial charge in [0.15, 0.2) is 0 Å². The minimum Gasteiger partial charge on any atom is -0.318 e. The van der Waals surface area contributed by atoms with Crippen LogP contribution in [0.3, 0.4) is 0 Å². The summed E-state index contributed by atoms with van der Waals surface area (Å²) in [5, 5.41) is 11.8. The monoisotopic (exact) mass is 315 g/mol. The number of aromatic nitrogens is 4. The zero-order valence-electron chi connectivity index (χ0n) is 12.1. The van der Waals surface area contributed by atoms with Gasteiger partial charge in [-0.25, -0.2) is 0 Å². The van der Waals surface area contributed by atoms with Crippen LogP contribution in [0, 0.1) is 0 Å². The van der Waals surface area contributed by atoms with Crippen LogP contribution in [0.5, 0.6) is 0 Å². The average molecular weight is 316 g/mol. The van der Waals surface area contributed by atoms with Crippen molar-refractivity contribution < 1.29 is 4.79 Å². The SMILES string of the molecule is Cn1cc(NC(=O)c2cc(-c3cccc(Cl)c3)nn2C)cn1. The van der Waals surface area contributed by atoms with Crippen LogP contribution in [0.4, 0.5) is 5.69 Å². The number of carbonyl (C=O) groups is 1. The fourth-order valence-electron chi connectivity index (χ4n) is 2.15. The maximum absolute atomic E-state index is 12.3. The van der Waals surface area contributed by atoms with Crippen molar-refractivity contribution in [3.63, 3.8) is 0 Å². The molecule has 0 aliphatic heterocycles. The number of anilines is 1. The van der Waals surface area contributed by atoms with E-state index < -0.39 is 0 Å². The van der Waals surface area contributed by atoms with E-state index in [4.69, 9.17) is 11.6 Å². The molecule has 2 aromatic heterocycles. The van der Waals surface area contributed by atoms with Gasteiger partial charge >= 0.3 is 0 Å². The van der Waals surface area contributed by atoms with Crippen LogP contribution >= 0.6 is 11.6 Å². The first kappa shape index (κ1) is 14.3. The zero-order valence-corrected chi connectivity index (χ0v) is 12.9. The molecule has 0 spiro atoms. The molecule has 0 atom stereocenters. The minimum absolute atomic E-state index is 0.240. The number of benzene rings is 1. The van der Waals surface area contributed by atoms with Gasteiger partial charge in [0.25, 0.3) is 5.91 Å². The number of carbonyl (C=O) groups excluding carboxylic acids is 1. The molecule has 112 valence electrons. The van der Waals surface area contributed by atoms with E-state index in [9.17, 15) is 4.79 Å². The van der Waals surface area contributed by atoms with E-state index in [0.29, 0.717) is 22.1 Å². The third-order valence-electron chi connectivity index (χ3n) is 3.20. The van der Waals surface area contributed by atoms with Crippen LogP contribution in [0.2, 0.25) is 5.02 Å². The first-order chi connectivity index (χ1) is 10.5. The van der Waals surface area contributed by atoms with Gasteiger partial charge in [-0.3, -0.25) is 14.2 Å². The van der Waals surface area contributed by atoms with Crippen LogP contribution in [-0.4, -0.2) is 25.5 Å². The van der Waals surface area contributed by atoms with Gasteiger partial charge in [-0.2, -0.15) is 10.2 Å². The largest absolute Gasteiger partial charge is 0.318 e. The van der Waals surface area contributed by atoms with Crippen molar-refractivity contribution in [2.75, 3.05) is 5.32 Å². The Balaban J connectivity index is 1.87. The Morgan fingerprint density at radius 3 is 2.77 bits per heavy atom. The molecule has 2 heterocycles. The summed E-state index contributed by atoms with van der Waals surface area (Å²) < 4.78 is 3.16. The molecular formula is C15H14ClN5O. The Hall–Kier alpha value is -2.60. The number of nitrogens with zero attached hydrogens (tertiary/aromatic N) is 4. The van der Waals surface area contributed by atoms with Crippen LogP contribution in [0.15, 0.2) is 42.7 Å². The Kier molecular flexibility index (Phi) is 3.68. The second kappa shape index (κ2) is 5.65. The molecule has 0 aliphatic rings. The fourth-order valence-corrected chi connectivity index (χ4v) is 2.34. The highest BCUT2D eigenvalue weighted by molar-refractivity contribution is 6.30. The predicted octanol–water partition coefficient (Wildman–Crippen LogP) is 2.73. The number of halogens is 1. The van der Waals surface area contributed by atoms with Crippen LogP contribution in [-0.2, 0) is 14.1 Å². The molecule has 7 heteroatoms. The zero-order chi connectivity index (χ0) is 15.7. The molecule has 3 aromatic rings. The van der Waals surface area contributed by atoms with Crippen molar-refractivity contribution in [2.45, 2.75) is 0 Å². The maximum atomic E-state index is 12.3. The van der Waals surface area contributed by atoms with Crippen molar-refractivity contribution in [3.8, 4) is 11.3 Å². The van der Waals surface area contributed by atoms with Gasteiger partial charge in [-0.15, -0.1) is 0 Å². The number of hydrogen-bond donors (Lipinski definition) is 1. The van der Waals surface area contributed by atoms with Gasteiger partial charge in [-0.05, 0) is 18.2 Å². The van der Waals surface area contributed by atoms with E-state index in [1.807, 2.05) is 18.2 Å². The molecule has 0 aliphatic carbocycles. The molecule has 0 saturated carbocycles. The summed E-state index contributed by atoms with van der Waals surface area (Å²) in [5.74, 6) is -0.240. The van der Waals surface area contributed by atoms with Crippen LogP contribution < -0.4 is 5.32 Å². The van der Waals surface area contributed by atoms with Gasteiger partial charge in [0, 0.05) is 30.9 Å². The van der Waals surface area contributed by atoms with E-state index in [1.165, 1.54) is 0 Å². The average Bonchev–Trinajstić information content (AvgIpc) is 3.05. The fraction of sp³-hybridized carbons (Fsp3) is 0.133. The van der Waals surface area contributed by atoms with Crippen molar-refractivity contribution in [1.82, 2.24) is 19.6 Å². The molecule has 3 rings (SSSR count). The Bertz CT molecular complexity index is 836. The van der Waals surface area contributed by atoms with Gasteiger partial charge in [-0.1, -0.05) is 23.7 Å². The lowest BCUT2D eigenvalue weighted by atomic mass is 10.1. The molecule has 0 radical (unpaired) electrons. The normalized spacial score (nSPS) is 10.7. The van der Waals surface area contributed by atoms with Crippen LogP contribution in [0.1, 0.15) is 10.5 Å². The summed E-state index contributed by atoms with van der Waals surface area (Å²) in [6.07, 6.45) is 3.32. The first-order valence-electron chi connectivity index (χ1n) is 6.63. The van der Waals surface area contributed by atoms with Gasteiger partial charge in [0.05, 0.1) is 17.6 Å². The minimum atomic E-state index is -0.240. The molecule has 0 fully saturated rings. The Morgan fingerprint density at radius 2 is 2.09 bits per heavy atom. The highest BCUT2D eigenvalue weighted by atomic mass is 35.5. The molecule has 0 bridgehead atoms. The maximum Gasteiger partial charge on any atom is 0.274 e. The molecular weight excluding hydrogens is 302 g/mol. The van der Waals surface area contributed by atoms with Crippen molar-refractivity contribution in [3.05, 3.63) is 53.4 Å². The van der Waals surface area contributed by atoms with Gasteiger partial charge in [0.1, 0.15) is 5.69 Å². The molecule has 22 heavy (non-hydrogen) atoms. The number of rotatable bonds is 3. The molecule has 1 aromatic carbocycles. The topological polar surface area (TPSA) is 64.7 Å². The van der Waals surface area contributed by atoms with E-state index in [1.54, 1.807) is 48.0 Å². The van der Waals surface area contributed by atoms with Crippen molar-refractivity contribution in [1.29, 1.82) is 0 Å². The second-order valence-electron chi connectivity index (χ2n) is 4.91. The molecule has 6 nitrogen and oxygen atoms in total. The lowest BCUT2D eigenvalue weighted by Crippen LogP contribution is -2.15. The van der Waals surface area contributed by atoms with E-state index in [-0.39, 0.29) is 5.91 Å². The highest BCUT2D eigenvalue weighted by Crippen LogP contribution is 2.22. The molecule has 1 N–H and O–H groups in total. The number of hydrogen-bond acceptors (Lipinski definition) is 3.